The zero-order chi connectivity index (χ0) is 20.3. The molecule has 1 N–H and O–H groups in total. The SMILES string of the molecule is Cc1ccc(S(=O)(=O)N[C@@H](c2ccccc2)c2nnc(-c3ccccc3)o2)cc1. The van der Waals surface area contributed by atoms with Crippen LogP contribution in [0.3, 0.4) is 0 Å². The number of hydrogen-bond acceptors (Lipinski definition) is 5. The van der Waals surface area contributed by atoms with Crippen LogP contribution in [0.15, 0.2) is 94.2 Å². The van der Waals surface area contributed by atoms with E-state index in [9.17, 15) is 8.42 Å². The first-order valence-electron chi connectivity index (χ1n) is 9.06. The normalized spacial score (nSPS) is 12.6. The average Bonchev–Trinajstić information content (AvgIpc) is 3.24. The van der Waals surface area contributed by atoms with Crippen LogP contribution in [-0.4, -0.2) is 18.6 Å². The van der Waals surface area contributed by atoms with E-state index in [0.29, 0.717) is 11.5 Å². The number of aromatic nitrogens is 2. The van der Waals surface area contributed by atoms with Crippen LogP contribution < -0.4 is 4.72 Å². The lowest BCUT2D eigenvalue weighted by atomic mass is 10.1. The number of rotatable bonds is 6. The first-order valence-corrected chi connectivity index (χ1v) is 10.5. The summed E-state index contributed by atoms with van der Waals surface area (Å²) in [5.41, 5.74) is 2.44. The summed E-state index contributed by atoms with van der Waals surface area (Å²) in [5.74, 6) is 0.502. The molecule has 4 aromatic rings. The van der Waals surface area contributed by atoms with Crippen LogP contribution in [0, 0.1) is 6.92 Å². The molecule has 3 aromatic carbocycles. The van der Waals surface area contributed by atoms with Crippen molar-refractivity contribution < 1.29 is 12.8 Å². The molecule has 1 atom stereocenters. The standard InChI is InChI=1S/C22H19N3O3S/c1-16-12-14-19(15-13-16)29(26,27)25-20(17-8-4-2-5-9-17)22-24-23-21(28-22)18-10-6-3-7-11-18/h2-15,20,25H,1H3/t20-/m0/s1. The second-order valence-corrected chi connectivity index (χ2v) is 8.30. The summed E-state index contributed by atoms with van der Waals surface area (Å²) >= 11 is 0. The minimum Gasteiger partial charge on any atom is -0.419 e. The fourth-order valence-corrected chi connectivity index (χ4v) is 4.07. The lowest BCUT2D eigenvalue weighted by Gasteiger charge is -2.16. The number of benzene rings is 3. The summed E-state index contributed by atoms with van der Waals surface area (Å²) in [4.78, 5) is 0.173. The molecule has 0 fully saturated rings. The molecular formula is C22H19N3O3S. The van der Waals surface area contributed by atoms with E-state index < -0.39 is 16.1 Å². The molecule has 4 rings (SSSR count). The molecular weight excluding hydrogens is 386 g/mol. The second-order valence-electron chi connectivity index (χ2n) is 6.59. The number of sulfonamides is 1. The quantitative estimate of drug-likeness (QED) is 0.522. The van der Waals surface area contributed by atoms with Gasteiger partial charge in [0.05, 0.1) is 4.90 Å². The van der Waals surface area contributed by atoms with E-state index in [1.165, 1.54) is 0 Å². The minimum atomic E-state index is -3.81. The van der Waals surface area contributed by atoms with Crippen LogP contribution in [0.5, 0.6) is 0 Å². The van der Waals surface area contributed by atoms with Crippen LogP contribution in [0.25, 0.3) is 11.5 Å². The summed E-state index contributed by atoms with van der Waals surface area (Å²) in [6.45, 7) is 1.90. The highest BCUT2D eigenvalue weighted by atomic mass is 32.2. The Morgan fingerprint density at radius 3 is 2.10 bits per heavy atom. The fourth-order valence-electron chi connectivity index (χ4n) is 2.90. The zero-order valence-electron chi connectivity index (χ0n) is 15.7. The van der Waals surface area contributed by atoms with Gasteiger partial charge in [0.15, 0.2) is 0 Å². The monoisotopic (exact) mass is 405 g/mol. The van der Waals surface area contributed by atoms with E-state index in [-0.39, 0.29) is 10.8 Å². The van der Waals surface area contributed by atoms with E-state index in [4.69, 9.17) is 4.42 Å². The van der Waals surface area contributed by atoms with E-state index in [1.54, 1.807) is 24.3 Å². The van der Waals surface area contributed by atoms with Gasteiger partial charge >= 0.3 is 0 Å². The van der Waals surface area contributed by atoms with Crippen LogP contribution in [0.1, 0.15) is 23.1 Å². The van der Waals surface area contributed by atoms with Gasteiger partial charge < -0.3 is 4.42 Å². The van der Waals surface area contributed by atoms with E-state index in [1.807, 2.05) is 67.6 Å². The molecule has 0 bridgehead atoms. The maximum Gasteiger partial charge on any atom is 0.247 e. The first-order chi connectivity index (χ1) is 14.0. The maximum absolute atomic E-state index is 13.0. The first kappa shape index (κ1) is 19.0. The summed E-state index contributed by atoms with van der Waals surface area (Å²) in [7, 11) is -3.81. The van der Waals surface area contributed by atoms with E-state index >= 15 is 0 Å². The number of hydrogen-bond donors (Lipinski definition) is 1. The summed E-state index contributed by atoms with van der Waals surface area (Å²) in [6, 6.07) is 24.3. The molecule has 0 saturated heterocycles. The topological polar surface area (TPSA) is 85.1 Å². The molecule has 6 nitrogen and oxygen atoms in total. The Balaban J connectivity index is 1.72. The summed E-state index contributed by atoms with van der Waals surface area (Å²) in [5, 5.41) is 8.21. The summed E-state index contributed by atoms with van der Waals surface area (Å²) in [6.07, 6.45) is 0. The van der Waals surface area contributed by atoms with Crippen molar-refractivity contribution in [3.63, 3.8) is 0 Å². The van der Waals surface area contributed by atoms with Gasteiger partial charge in [-0.05, 0) is 36.8 Å². The highest BCUT2D eigenvalue weighted by Crippen LogP contribution is 2.26. The summed E-state index contributed by atoms with van der Waals surface area (Å²) < 4.78 is 34.5. The Hall–Kier alpha value is -3.29. The third kappa shape index (κ3) is 4.26. The number of aryl methyl sites for hydroxylation is 1. The van der Waals surface area contributed by atoms with Gasteiger partial charge in [-0.15, -0.1) is 10.2 Å². The zero-order valence-corrected chi connectivity index (χ0v) is 16.5. The van der Waals surface area contributed by atoms with Crippen molar-refractivity contribution in [1.82, 2.24) is 14.9 Å². The Morgan fingerprint density at radius 1 is 0.828 bits per heavy atom. The number of nitrogens with one attached hydrogen (secondary N) is 1. The van der Waals surface area contributed by atoms with Crippen LogP contribution in [0.4, 0.5) is 0 Å². The molecule has 0 spiro atoms. The van der Waals surface area contributed by atoms with Crippen molar-refractivity contribution in [3.05, 3.63) is 102 Å². The van der Waals surface area contributed by atoms with Gasteiger partial charge in [-0.3, -0.25) is 0 Å². The van der Waals surface area contributed by atoms with Crippen LogP contribution in [-0.2, 0) is 10.0 Å². The second kappa shape index (κ2) is 7.98. The largest absolute Gasteiger partial charge is 0.419 e. The van der Waals surface area contributed by atoms with Crippen LogP contribution in [0.2, 0.25) is 0 Å². The van der Waals surface area contributed by atoms with E-state index in [0.717, 1.165) is 11.1 Å². The van der Waals surface area contributed by atoms with Crippen molar-refractivity contribution in [2.24, 2.45) is 0 Å². The molecule has 0 aliphatic heterocycles. The Bertz CT molecular complexity index is 1190. The molecule has 0 radical (unpaired) electrons. The number of nitrogens with zero attached hydrogens (tertiary/aromatic N) is 2. The average molecular weight is 405 g/mol. The molecule has 0 unspecified atom stereocenters. The lowest BCUT2D eigenvalue weighted by molar-refractivity contribution is 0.464. The molecule has 0 amide bonds. The third-order valence-electron chi connectivity index (χ3n) is 4.45. The third-order valence-corrected chi connectivity index (χ3v) is 5.88. The Morgan fingerprint density at radius 2 is 1.45 bits per heavy atom. The van der Waals surface area contributed by atoms with Crippen molar-refractivity contribution in [3.8, 4) is 11.5 Å². The Kier molecular flexibility index (Phi) is 5.24. The highest BCUT2D eigenvalue weighted by Gasteiger charge is 2.27. The van der Waals surface area contributed by atoms with Gasteiger partial charge in [0, 0.05) is 5.56 Å². The van der Waals surface area contributed by atoms with Gasteiger partial charge in [0.2, 0.25) is 21.8 Å². The van der Waals surface area contributed by atoms with Gasteiger partial charge in [-0.2, -0.15) is 4.72 Å². The van der Waals surface area contributed by atoms with Crippen molar-refractivity contribution in [2.45, 2.75) is 17.9 Å². The van der Waals surface area contributed by atoms with Crippen molar-refractivity contribution >= 4 is 10.0 Å². The predicted octanol–water partition coefficient (Wildman–Crippen LogP) is 4.11. The fraction of sp³-hybridized carbons (Fsp3) is 0.0909. The molecule has 0 saturated carbocycles. The van der Waals surface area contributed by atoms with Gasteiger partial charge in [-0.1, -0.05) is 66.2 Å². The predicted molar refractivity (Wildman–Crippen MR) is 110 cm³/mol. The molecule has 146 valence electrons. The molecule has 7 heteroatoms. The lowest BCUT2D eigenvalue weighted by Crippen LogP contribution is -2.29. The molecule has 0 aliphatic carbocycles. The maximum atomic E-state index is 13.0. The van der Waals surface area contributed by atoms with E-state index in [2.05, 4.69) is 14.9 Å². The Labute approximate surface area is 169 Å². The smallest absolute Gasteiger partial charge is 0.247 e. The van der Waals surface area contributed by atoms with Crippen molar-refractivity contribution in [1.29, 1.82) is 0 Å². The molecule has 0 aliphatic rings. The highest BCUT2D eigenvalue weighted by molar-refractivity contribution is 7.89. The van der Waals surface area contributed by atoms with Gasteiger partial charge in [-0.25, -0.2) is 8.42 Å². The van der Waals surface area contributed by atoms with Crippen LogP contribution >= 0.6 is 0 Å². The van der Waals surface area contributed by atoms with Crippen molar-refractivity contribution in [2.75, 3.05) is 0 Å². The van der Waals surface area contributed by atoms with Gasteiger partial charge in [0.25, 0.3) is 0 Å². The minimum absolute atomic E-state index is 0.172. The molecule has 29 heavy (non-hydrogen) atoms. The molecule has 1 heterocycles. The van der Waals surface area contributed by atoms with Gasteiger partial charge in [0.1, 0.15) is 6.04 Å². The molecule has 1 aromatic heterocycles.